The van der Waals surface area contributed by atoms with E-state index in [0.29, 0.717) is 0 Å². The molecule has 1 heteroatoms. The van der Waals surface area contributed by atoms with Crippen molar-refractivity contribution >= 4 is 0 Å². The second-order valence-electron chi connectivity index (χ2n) is 8.13. The highest BCUT2D eigenvalue weighted by atomic mass is 16.5. The number of benzene rings is 1. The fourth-order valence-corrected chi connectivity index (χ4v) is 3.06. The minimum absolute atomic E-state index is 0.0977. The first-order chi connectivity index (χ1) is 10.5. The van der Waals surface area contributed by atoms with Gasteiger partial charge in [-0.15, -0.1) is 0 Å². The molecule has 0 radical (unpaired) electrons. The second-order valence-corrected chi connectivity index (χ2v) is 8.13. The highest BCUT2D eigenvalue weighted by molar-refractivity contribution is 5.55. The maximum absolute atomic E-state index is 6.15. The largest absolute Gasteiger partial charge is 0.493 e. The first kappa shape index (κ1) is 22.0. The Morgan fingerprint density at radius 1 is 0.913 bits per heavy atom. The van der Waals surface area contributed by atoms with Crippen LogP contribution in [-0.4, -0.2) is 6.61 Å². The molecule has 0 fully saturated rings. The Bertz CT molecular complexity index is 484. The quantitative estimate of drug-likeness (QED) is 0.582. The Balaban J connectivity index is 0.00000232. The van der Waals surface area contributed by atoms with Crippen LogP contribution in [0, 0.1) is 6.92 Å². The predicted molar refractivity (Wildman–Crippen MR) is 105 cm³/mol. The van der Waals surface area contributed by atoms with Crippen LogP contribution in [-0.2, 0) is 17.3 Å². The van der Waals surface area contributed by atoms with Gasteiger partial charge in [0.05, 0.1) is 6.61 Å². The Morgan fingerprint density at radius 2 is 1.43 bits per heavy atom. The van der Waals surface area contributed by atoms with Gasteiger partial charge in [-0.25, -0.2) is 0 Å². The lowest BCUT2D eigenvalue weighted by atomic mass is 9.74. The second kappa shape index (κ2) is 8.76. The van der Waals surface area contributed by atoms with E-state index < -0.39 is 0 Å². The van der Waals surface area contributed by atoms with E-state index in [9.17, 15) is 0 Å². The minimum atomic E-state index is 0.0977. The summed E-state index contributed by atoms with van der Waals surface area (Å²) in [4.78, 5) is 0. The van der Waals surface area contributed by atoms with Gasteiger partial charge in [0.25, 0.3) is 0 Å². The molecule has 134 valence electrons. The van der Waals surface area contributed by atoms with Crippen LogP contribution >= 0.6 is 0 Å². The minimum Gasteiger partial charge on any atom is -0.493 e. The maximum atomic E-state index is 6.15. The fourth-order valence-electron chi connectivity index (χ4n) is 3.06. The van der Waals surface area contributed by atoms with Crippen LogP contribution in [0.2, 0.25) is 0 Å². The van der Waals surface area contributed by atoms with Gasteiger partial charge in [0.15, 0.2) is 0 Å². The topological polar surface area (TPSA) is 9.23 Å². The lowest BCUT2D eigenvalue weighted by molar-refractivity contribution is 0.305. The SMILES string of the molecule is CC.CCCOc1c(C)cc(C(C)(C)C)c(CC)c1C(C)(C)C. The molecule has 0 saturated heterocycles. The van der Waals surface area contributed by atoms with Gasteiger partial charge in [-0.3, -0.25) is 0 Å². The highest BCUT2D eigenvalue weighted by Crippen LogP contribution is 2.42. The average Bonchev–Trinajstić information content (AvgIpc) is 2.45. The van der Waals surface area contributed by atoms with Crippen LogP contribution in [0.1, 0.15) is 97.9 Å². The molecule has 1 aromatic rings. The molecule has 0 amide bonds. The molecule has 0 atom stereocenters. The molecule has 1 rings (SSSR count). The number of rotatable bonds is 4. The molecular weight excluding hydrogens is 280 g/mol. The molecule has 23 heavy (non-hydrogen) atoms. The van der Waals surface area contributed by atoms with Crippen molar-refractivity contribution in [1.82, 2.24) is 0 Å². The van der Waals surface area contributed by atoms with Crippen LogP contribution in [0.25, 0.3) is 0 Å². The van der Waals surface area contributed by atoms with Gasteiger partial charge in [-0.2, -0.15) is 0 Å². The molecule has 0 unspecified atom stereocenters. The number of ether oxygens (including phenoxy) is 1. The van der Waals surface area contributed by atoms with Gasteiger partial charge in [0, 0.05) is 5.56 Å². The first-order valence-electron chi connectivity index (χ1n) is 9.34. The van der Waals surface area contributed by atoms with E-state index in [1.165, 1.54) is 22.3 Å². The summed E-state index contributed by atoms with van der Waals surface area (Å²) in [6.45, 7) is 25.2. The van der Waals surface area contributed by atoms with Crippen molar-refractivity contribution in [2.24, 2.45) is 0 Å². The Morgan fingerprint density at radius 3 is 1.78 bits per heavy atom. The number of aryl methyl sites for hydroxylation is 1. The fraction of sp³-hybridized carbons (Fsp3) is 0.727. The van der Waals surface area contributed by atoms with Crippen LogP contribution in [0.4, 0.5) is 0 Å². The van der Waals surface area contributed by atoms with E-state index in [0.717, 1.165) is 25.2 Å². The van der Waals surface area contributed by atoms with Crippen LogP contribution in [0.15, 0.2) is 6.07 Å². The van der Waals surface area contributed by atoms with Crippen molar-refractivity contribution in [3.8, 4) is 5.75 Å². The molecule has 1 aromatic carbocycles. The van der Waals surface area contributed by atoms with E-state index in [2.05, 4.69) is 68.4 Å². The van der Waals surface area contributed by atoms with Crippen molar-refractivity contribution in [1.29, 1.82) is 0 Å². The Kier molecular flexibility index (Phi) is 8.38. The summed E-state index contributed by atoms with van der Waals surface area (Å²) >= 11 is 0. The Hall–Kier alpha value is -0.980. The Labute approximate surface area is 145 Å². The number of hydrogen-bond acceptors (Lipinski definition) is 1. The molecule has 0 aliphatic carbocycles. The van der Waals surface area contributed by atoms with Crippen LogP contribution < -0.4 is 4.74 Å². The van der Waals surface area contributed by atoms with E-state index in [1.807, 2.05) is 13.8 Å². The van der Waals surface area contributed by atoms with Crippen molar-refractivity contribution in [2.45, 2.75) is 99.8 Å². The summed E-state index contributed by atoms with van der Waals surface area (Å²) in [6.07, 6.45) is 2.10. The number of hydrogen-bond donors (Lipinski definition) is 0. The van der Waals surface area contributed by atoms with E-state index >= 15 is 0 Å². The monoisotopic (exact) mass is 320 g/mol. The van der Waals surface area contributed by atoms with Crippen molar-refractivity contribution in [2.75, 3.05) is 6.61 Å². The summed E-state index contributed by atoms with van der Waals surface area (Å²) in [5.74, 6) is 1.12. The molecule has 0 aliphatic rings. The maximum Gasteiger partial charge on any atom is 0.126 e. The third kappa shape index (κ3) is 5.55. The van der Waals surface area contributed by atoms with Crippen molar-refractivity contribution < 1.29 is 4.74 Å². The summed E-state index contributed by atoms with van der Waals surface area (Å²) < 4.78 is 6.15. The lowest BCUT2D eigenvalue weighted by Gasteiger charge is -2.33. The van der Waals surface area contributed by atoms with Gasteiger partial charge in [-0.05, 0) is 47.3 Å². The average molecular weight is 321 g/mol. The molecule has 0 spiro atoms. The smallest absolute Gasteiger partial charge is 0.126 e. The molecule has 1 nitrogen and oxygen atoms in total. The first-order valence-corrected chi connectivity index (χ1v) is 9.34. The molecule has 0 N–H and O–H groups in total. The highest BCUT2D eigenvalue weighted by Gasteiger charge is 2.29. The van der Waals surface area contributed by atoms with Gasteiger partial charge in [-0.1, -0.05) is 75.3 Å². The van der Waals surface area contributed by atoms with Crippen molar-refractivity contribution in [3.63, 3.8) is 0 Å². The molecule has 0 heterocycles. The van der Waals surface area contributed by atoms with Gasteiger partial charge in [0.2, 0.25) is 0 Å². The summed E-state index contributed by atoms with van der Waals surface area (Å²) in [7, 11) is 0. The molecule has 0 aromatic heterocycles. The normalized spacial score (nSPS) is 11.8. The molecular formula is C22H40O. The standard InChI is InChI=1S/C20H34O.C2H6/c1-10-12-21-18-14(3)13-16(19(4,5)6)15(11-2)17(18)20(7,8)9;1-2/h13H,10-12H2,1-9H3;1-2H3. The lowest BCUT2D eigenvalue weighted by Crippen LogP contribution is -2.23. The molecule has 0 saturated carbocycles. The van der Waals surface area contributed by atoms with Crippen LogP contribution in [0.5, 0.6) is 5.75 Å². The molecule has 0 aliphatic heterocycles. The summed E-state index contributed by atoms with van der Waals surface area (Å²) in [5, 5.41) is 0. The van der Waals surface area contributed by atoms with Gasteiger partial charge < -0.3 is 4.74 Å². The zero-order valence-electron chi connectivity index (χ0n) is 17.6. The summed E-state index contributed by atoms with van der Waals surface area (Å²) in [6, 6.07) is 2.35. The van der Waals surface area contributed by atoms with E-state index in [4.69, 9.17) is 4.74 Å². The predicted octanol–water partition coefficient (Wildman–Crippen LogP) is 6.97. The van der Waals surface area contributed by atoms with Crippen molar-refractivity contribution in [3.05, 3.63) is 28.3 Å². The van der Waals surface area contributed by atoms with Gasteiger partial charge in [0.1, 0.15) is 5.75 Å². The van der Waals surface area contributed by atoms with Gasteiger partial charge >= 0.3 is 0 Å². The zero-order chi connectivity index (χ0) is 18.4. The van der Waals surface area contributed by atoms with E-state index in [1.54, 1.807) is 0 Å². The molecule has 0 bridgehead atoms. The van der Waals surface area contributed by atoms with Crippen LogP contribution in [0.3, 0.4) is 0 Å². The third-order valence-corrected chi connectivity index (χ3v) is 3.94. The van der Waals surface area contributed by atoms with E-state index in [-0.39, 0.29) is 10.8 Å². The zero-order valence-corrected chi connectivity index (χ0v) is 17.6. The third-order valence-electron chi connectivity index (χ3n) is 3.94. The summed E-state index contributed by atoms with van der Waals surface area (Å²) in [5.41, 5.74) is 5.89.